The largest absolute Gasteiger partial charge is 0.700 e. The minimum absolute atomic E-state index is 0.377. The fourth-order valence-corrected chi connectivity index (χ4v) is 0.749. The predicted octanol–water partition coefficient (Wildman–Crippen LogP) is 2.59. The minimum atomic E-state index is 0.377. The first-order valence-corrected chi connectivity index (χ1v) is 2.95. The van der Waals surface area contributed by atoms with Crippen LogP contribution in [-0.4, -0.2) is 7.05 Å². The molecule has 10 heavy (non-hydrogen) atoms. The first-order chi connectivity index (χ1) is 4.74. The summed E-state index contributed by atoms with van der Waals surface area (Å²) in [6, 6.07) is 5.06. The first kappa shape index (κ1) is 6.74. The molecule has 0 unspecified atom stereocenters. The molecule has 54 valence electrons. The van der Waals surface area contributed by atoms with E-state index in [4.69, 9.17) is 11.5 Å². The van der Waals surface area contributed by atoms with Crippen molar-refractivity contribution in [2.24, 2.45) is 0 Å². The first-order valence-electron chi connectivity index (χ1n) is 2.95. The van der Waals surface area contributed by atoms with E-state index in [0.29, 0.717) is 17.1 Å². The number of rotatable bonds is 1. The molecule has 0 bridgehead atoms. The zero-order valence-corrected chi connectivity index (χ0v) is 5.76. The highest BCUT2D eigenvalue weighted by atomic mass is 14.8. The molecule has 0 spiro atoms. The second-order valence-corrected chi connectivity index (χ2v) is 2.00. The summed E-state index contributed by atoms with van der Waals surface area (Å²) in [5.74, 6) is 0. The summed E-state index contributed by atoms with van der Waals surface area (Å²) in [4.78, 5) is 0. The molecule has 0 aliphatic heterocycles. The SMILES string of the molecule is C[N-]c1ccc(N)cc1[NH-]. The third-order valence-electron chi connectivity index (χ3n) is 1.26. The highest BCUT2D eigenvalue weighted by Crippen LogP contribution is 2.30. The highest BCUT2D eigenvalue weighted by Gasteiger charge is 1.81. The quantitative estimate of drug-likeness (QED) is 0.591. The van der Waals surface area contributed by atoms with Gasteiger partial charge in [0.05, 0.1) is 0 Å². The Hall–Kier alpha value is -1.38. The molecule has 0 aliphatic rings. The number of hydrogen-bond donors (Lipinski definition) is 1. The van der Waals surface area contributed by atoms with Crippen LogP contribution in [0.5, 0.6) is 0 Å². The third-order valence-corrected chi connectivity index (χ3v) is 1.26. The molecule has 0 aromatic heterocycles. The summed E-state index contributed by atoms with van der Waals surface area (Å²) in [5.41, 5.74) is 14.4. The Labute approximate surface area is 60.0 Å². The average molecular weight is 135 g/mol. The lowest BCUT2D eigenvalue weighted by molar-refractivity contribution is 1.62. The molecule has 0 atom stereocenters. The average Bonchev–Trinajstić information content (AvgIpc) is 1.88. The maximum Gasteiger partial charge on any atom is 0.0300 e. The van der Waals surface area contributed by atoms with Crippen molar-refractivity contribution in [1.82, 2.24) is 0 Å². The maximum absolute atomic E-state index is 7.34. The van der Waals surface area contributed by atoms with Gasteiger partial charge in [-0.1, -0.05) is 12.1 Å². The Morgan fingerprint density at radius 2 is 2.20 bits per heavy atom. The van der Waals surface area contributed by atoms with E-state index in [2.05, 4.69) is 5.32 Å². The van der Waals surface area contributed by atoms with E-state index in [9.17, 15) is 0 Å². The number of benzene rings is 1. The maximum atomic E-state index is 7.34. The van der Waals surface area contributed by atoms with Gasteiger partial charge in [-0.15, -0.1) is 7.05 Å². The van der Waals surface area contributed by atoms with E-state index in [1.165, 1.54) is 0 Å². The Bertz CT molecular complexity index is 232. The van der Waals surface area contributed by atoms with Gasteiger partial charge in [0.15, 0.2) is 0 Å². The second-order valence-electron chi connectivity index (χ2n) is 2.00. The van der Waals surface area contributed by atoms with Gasteiger partial charge >= 0.3 is 0 Å². The van der Waals surface area contributed by atoms with Gasteiger partial charge in [0.2, 0.25) is 0 Å². The molecular weight excluding hydrogens is 126 g/mol. The topological polar surface area (TPSA) is 63.9 Å². The van der Waals surface area contributed by atoms with E-state index < -0.39 is 0 Å². The predicted molar refractivity (Wildman–Crippen MR) is 43.8 cm³/mol. The van der Waals surface area contributed by atoms with Crippen LogP contribution in [0.3, 0.4) is 0 Å². The minimum Gasteiger partial charge on any atom is -0.700 e. The molecule has 3 nitrogen and oxygen atoms in total. The van der Waals surface area contributed by atoms with Gasteiger partial charge in [-0.25, -0.2) is 0 Å². The fraction of sp³-hybridized carbons (Fsp3) is 0.143. The lowest BCUT2D eigenvalue weighted by atomic mass is 10.2. The van der Waals surface area contributed by atoms with E-state index in [1.54, 1.807) is 25.2 Å². The van der Waals surface area contributed by atoms with Crippen LogP contribution >= 0.6 is 0 Å². The molecule has 0 saturated heterocycles. The van der Waals surface area contributed by atoms with E-state index in [1.807, 2.05) is 0 Å². The van der Waals surface area contributed by atoms with Crippen LogP contribution in [0.1, 0.15) is 0 Å². The van der Waals surface area contributed by atoms with Gasteiger partial charge in [-0.2, -0.15) is 11.4 Å². The van der Waals surface area contributed by atoms with Crippen LogP contribution in [0.25, 0.3) is 11.1 Å². The Kier molecular flexibility index (Phi) is 1.67. The molecule has 0 saturated carbocycles. The van der Waals surface area contributed by atoms with Crippen molar-refractivity contribution in [1.29, 1.82) is 0 Å². The van der Waals surface area contributed by atoms with Crippen LogP contribution in [-0.2, 0) is 0 Å². The molecule has 3 heteroatoms. The van der Waals surface area contributed by atoms with Gasteiger partial charge in [-0.05, 0) is 6.07 Å². The normalized spacial score (nSPS) is 9.30. The van der Waals surface area contributed by atoms with Gasteiger partial charge in [-0.3, -0.25) is 0 Å². The lowest BCUT2D eigenvalue weighted by Gasteiger charge is -2.22. The zero-order valence-electron chi connectivity index (χ0n) is 5.76. The van der Waals surface area contributed by atoms with Crippen LogP contribution in [0, 0.1) is 0 Å². The highest BCUT2D eigenvalue weighted by molar-refractivity contribution is 5.74. The van der Waals surface area contributed by atoms with Gasteiger partial charge < -0.3 is 16.8 Å². The number of hydrogen-bond acceptors (Lipinski definition) is 1. The summed E-state index contributed by atoms with van der Waals surface area (Å²) in [5, 5.41) is 3.87. The standard InChI is InChI=1S/C7H9N3/c1-10-7-3-2-5(8)4-6(7)9/h2-4,9H,8H2,1H3/q-2. The van der Waals surface area contributed by atoms with E-state index >= 15 is 0 Å². The summed E-state index contributed by atoms with van der Waals surface area (Å²) < 4.78 is 0. The molecule has 0 amide bonds. The number of nitrogen functional groups attached to an aromatic ring is 1. The second kappa shape index (κ2) is 2.47. The van der Waals surface area contributed by atoms with Crippen LogP contribution in [0.4, 0.5) is 17.1 Å². The van der Waals surface area contributed by atoms with Crippen molar-refractivity contribution in [2.75, 3.05) is 12.8 Å². The summed E-state index contributed by atoms with van der Waals surface area (Å²) in [6.07, 6.45) is 0. The zero-order chi connectivity index (χ0) is 7.56. The van der Waals surface area contributed by atoms with Crippen molar-refractivity contribution in [2.45, 2.75) is 0 Å². The summed E-state index contributed by atoms with van der Waals surface area (Å²) in [6.45, 7) is 0. The van der Waals surface area contributed by atoms with Crippen molar-refractivity contribution >= 4 is 17.1 Å². The number of nitrogens with zero attached hydrogens (tertiary/aromatic N) is 1. The molecule has 3 N–H and O–H groups in total. The van der Waals surface area contributed by atoms with Crippen molar-refractivity contribution < 1.29 is 0 Å². The Morgan fingerprint density at radius 3 is 2.70 bits per heavy atom. The lowest BCUT2D eigenvalue weighted by Crippen LogP contribution is -1.81. The number of nitrogens with two attached hydrogens (primary N) is 1. The van der Waals surface area contributed by atoms with Crippen molar-refractivity contribution in [3.8, 4) is 0 Å². The molecule has 1 aromatic rings. The van der Waals surface area contributed by atoms with Crippen LogP contribution in [0.15, 0.2) is 18.2 Å². The van der Waals surface area contributed by atoms with Crippen molar-refractivity contribution in [3.05, 3.63) is 29.2 Å². The summed E-state index contributed by atoms with van der Waals surface area (Å²) in [7, 11) is 1.66. The molecule has 1 rings (SSSR count). The smallest absolute Gasteiger partial charge is 0.0300 e. The fourth-order valence-electron chi connectivity index (χ4n) is 0.749. The number of nitrogens with one attached hydrogen (secondary N) is 1. The molecular formula is C7H9N3-2. The van der Waals surface area contributed by atoms with E-state index in [0.717, 1.165) is 0 Å². The molecule has 0 aliphatic carbocycles. The van der Waals surface area contributed by atoms with Gasteiger partial charge in [0.1, 0.15) is 0 Å². The molecule has 0 heterocycles. The van der Waals surface area contributed by atoms with Crippen molar-refractivity contribution in [3.63, 3.8) is 0 Å². The molecule has 0 fully saturated rings. The molecule has 1 aromatic carbocycles. The van der Waals surface area contributed by atoms with E-state index in [-0.39, 0.29) is 0 Å². The molecule has 0 radical (unpaired) electrons. The Balaban J connectivity index is 3.07. The summed E-state index contributed by atoms with van der Waals surface area (Å²) >= 11 is 0. The van der Waals surface area contributed by atoms with Crippen LogP contribution in [0.2, 0.25) is 0 Å². The number of anilines is 1. The van der Waals surface area contributed by atoms with Gasteiger partial charge in [0, 0.05) is 5.69 Å². The van der Waals surface area contributed by atoms with Gasteiger partial charge in [0.25, 0.3) is 0 Å². The Morgan fingerprint density at radius 1 is 1.50 bits per heavy atom. The monoisotopic (exact) mass is 135 g/mol. The third kappa shape index (κ3) is 1.13. The van der Waals surface area contributed by atoms with Crippen LogP contribution < -0.4 is 5.73 Å².